The van der Waals surface area contributed by atoms with Crippen molar-refractivity contribution in [3.63, 3.8) is 0 Å². The van der Waals surface area contributed by atoms with Crippen molar-refractivity contribution in [2.75, 3.05) is 0 Å². The quantitative estimate of drug-likeness (QED) is 0.656. The van der Waals surface area contributed by atoms with E-state index in [4.69, 9.17) is 40.1 Å². The van der Waals surface area contributed by atoms with Gasteiger partial charge < -0.3 is 0 Å². The lowest BCUT2D eigenvalue weighted by molar-refractivity contribution is 1.26. The number of nitrogens with zero attached hydrogens (tertiary/aromatic N) is 2. The standard InChI is InChI=1S/C6HCl3N2/c7-3-2-11-4(1-10)6(9)5(3)8/h2H. The summed E-state index contributed by atoms with van der Waals surface area (Å²) in [5, 5.41) is 8.95. The maximum Gasteiger partial charge on any atom is 0.160 e. The van der Waals surface area contributed by atoms with Gasteiger partial charge in [-0.25, -0.2) is 4.98 Å². The summed E-state index contributed by atoms with van der Waals surface area (Å²) in [5.41, 5.74) is 0.0843. The Labute approximate surface area is 78.3 Å². The van der Waals surface area contributed by atoms with Crippen LogP contribution < -0.4 is 0 Å². The number of rotatable bonds is 0. The van der Waals surface area contributed by atoms with Crippen molar-refractivity contribution in [1.29, 1.82) is 5.26 Å². The third kappa shape index (κ3) is 1.57. The van der Waals surface area contributed by atoms with Crippen LogP contribution in [0.25, 0.3) is 0 Å². The molecule has 0 aromatic carbocycles. The molecule has 0 saturated heterocycles. The van der Waals surface area contributed by atoms with Crippen LogP contribution in [-0.4, -0.2) is 4.98 Å². The van der Waals surface area contributed by atoms with Crippen molar-refractivity contribution >= 4 is 34.8 Å². The van der Waals surface area contributed by atoms with Gasteiger partial charge in [-0.1, -0.05) is 34.8 Å². The molecule has 0 aliphatic heterocycles. The van der Waals surface area contributed by atoms with Crippen LogP contribution >= 0.6 is 34.8 Å². The van der Waals surface area contributed by atoms with Gasteiger partial charge in [0.25, 0.3) is 0 Å². The molecule has 1 aromatic rings. The van der Waals surface area contributed by atoms with Gasteiger partial charge in [0.05, 0.1) is 15.1 Å². The molecule has 1 aromatic heterocycles. The third-order valence-corrected chi connectivity index (χ3v) is 2.26. The fourth-order valence-electron chi connectivity index (χ4n) is 0.521. The van der Waals surface area contributed by atoms with Gasteiger partial charge in [0, 0.05) is 6.20 Å². The summed E-state index contributed by atoms with van der Waals surface area (Å²) < 4.78 is 0. The van der Waals surface area contributed by atoms with E-state index in [1.54, 1.807) is 6.07 Å². The molecule has 1 rings (SSSR count). The SMILES string of the molecule is N#Cc1ncc(Cl)c(Cl)c1Cl. The number of aromatic nitrogens is 1. The van der Waals surface area contributed by atoms with Crippen molar-refractivity contribution in [2.45, 2.75) is 0 Å². The van der Waals surface area contributed by atoms with Gasteiger partial charge in [-0.3, -0.25) is 0 Å². The summed E-state index contributed by atoms with van der Waals surface area (Å²) in [4.78, 5) is 3.65. The first kappa shape index (κ1) is 8.61. The molecule has 0 radical (unpaired) electrons. The Hall–Kier alpha value is -0.490. The molecule has 11 heavy (non-hydrogen) atoms. The highest BCUT2D eigenvalue weighted by Gasteiger charge is 2.08. The summed E-state index contributed by atoms with van der Waals surface area (Å²) in [6.07, 6.45) is 1.29. The Morgan fingerprint density at radius 1 is 1.27 bits per heavy atom. The maximum absolute atomic E-state index is 8.44. The van der Waals surface area contributed by atoms with Crippen LogP contribution in [0.1, 0.15) is 5.69 Å². The van der Waals surface area contributed by atoms with E-state index >= 15 is 0 Å². The molecule has 0 bridgehead atoms. The van der Waals surface area contributed by atoms with Gasteiger partial charge in [-0.05, 0) is 0 Å². The summed E-state index contributed by atoms with van der Waals surface area (Å²) >= 11 is 16.8. The topological polar surface area (TPSA) is 36.7 Å². The fraction of sp³-hybridized carbons (Fsp3) is 0. The number of halogens is 3. The minimum Gasteiger partial charge on any atom is -0.242 e. The van der Waals surface area contributed by atoms with Crippen molar-refractivity contribution in [1.82, 2.24) is 4.98 Å². The van der Waals surface area contributed by atoms with E-state index in [0.29, 0.717) is 0 Å². The van der Waals surface area contributed by atoms with Crippen molar-refractivity contribution in [3.05, 3.63) is 27.0 Å². The minimum atomic E-state index is 0.0843. The molecule has 0 spiro atoms. The van der Waals surface area contributed by atoms with E-state index in [1.165, 1.54) is 6.20 Å². The Morgan fingerprint density at radius 2 is 1.91 bits per heavy atom. The smallest absolute Gasteiger partial charge is 0.160 e. The van der Waals surface area contributed by atoms with Gasteiger partial charge in [0.1, 0.15) is 6.07 Å². The molecule has 0 fully saturated rings. The highest BCUT2D eigenvalue weighted by Crippen LogP contribution is 2.30. The van der Waals surface area contributed by atoms with Gasteiger partial charge in [0.2, 0.25) is 0 Å². The zero-order valence-electron chi connectivity index (χ0n) is 5.11. The molecule has 0 aliphatic rings. The van der Waals surface area contributed by atoms with Crippen molar-refractivity contribution in [3.8, 4) is 6.07 Å². The van der Waals surface area contributed by atoms with Crippen LogP contribution in [-0.2, 0) is 0 Å². The van der Waals surface area contributed by atoms with Crippen LogP contribution in [0.3, 0.4) is 0 Å². The zero-order chi connectivity index (χ0) is 8.43. The normalized spacial score (nSPS) is 9.27. The van der Waals surface area contributed by atoms with E-state index in [9.17, 15) is 0 Å². The van der Waals surface area contributed by atoms with Crippen LogP contribution in [0.15, 0.2) is 6.20 Å². The van der Waals surface area contributed by atoms with Crippen LogP contribution in [0, 0.1) is 11.3 Å². The Bertz CT molecular complexity index is 329. The molecule has 5 heteroatoms. The zero-order valence-corrected chi connectivity index (χ0v) is 7.37. The summed E-state index contributed by atoms with van der Waals surface area (Å²) in [6.45, 7) is 0. The third-order valence-electron chi connectivity index (χ3n) is 1.02. The average Bonchev–Trinajstić information content (AvgIpc) is 2.01. The Balaban J connectivity index is 3.40. The van der Waals surface area contributed by atoms with Crippen LogP contribution in [0.2, 0.25) is 15.1 Å². The monoisotopic (exact) mass is 206 g/mol. The molecule has 0 saturated carbocycles. The van der Waals surface area contributed by atoms with E-state index in [-0.39, 0.29) is 20.8 Å². The number of pyridine rings is 1. The van der Waals surface area contributed by atoms with Crippen LogP contribution in [0.4, 0.5) is 0 Å². The van der Waals surface area contributed by atoms with Gasteiger partial charge in [-0.15, -0.1) is 0 Å². The predicted octanol–water partition coefficient (Wildman–Crippen LogP) is 2.91. The summed E-state index contributed by atoms with van der Waals surface area (Å²) in [7, 11) is 0. The largest absolute Gasteiger partial charge is 0.242 e. The number of hydrogen-bond donors (Lipinski definition) is 0. The van der Waals surface area contributed by atoms with Gasteiger partial charge >= 0.3 is 0 Å². The lowest BCUT2D eigenvalue weighted by atomic mass is 10.4. The second-order valence-corrected chi connectivity index (χ2v) is 2.86. The van der Waals surface area contributed by atoms with Gasteiger partial charge in [-0.2, -0.15) is 5.26 Å². The van der Waals surface area contributed by atoms with E-state index in [2.05, 4.69) is 4.98 Å². The van der Waals surface area contributed by atoms with E-state index in [1.807, 2.05) is 0 Å². The van der Waals surface area contributed by atoms with Crippen molar-refractivity contribution in [2.24, 2.45) is 0 Å². The van der Waals surface area contributed by atoms with E-state index < -0.39 is 0 Å². The highest BCUT2D eigenvalue weighted by molar-refractivity contribution is 6.48. The highest BCUT2D eigenvalue weighted by atomic mass is 35.5. The first-order valence-corrected chi connectivity index (χ1v) is 3.69. The summed E-state index contributed by atoms with van der Waals surface area (Å²) in [6, 6.07) is 1.78. The lowest BCUT2D eigenvalue weighted by Gasteiger charge is -1.97. The van der Waals surface area contributed by atoms with Gasteiger partial charge in [0.15, 0.2) is 5.69 Å². The summed E-state index contributed by atoms with van der Waals surface area (Å²) in [5.74, 6) is 0. The molecule has 2 nitrogen and oxygen atoms in total. The van der Waals surface area contributed by atoms with E-state index in [0.717, 1.165) is 0 Å². The molecule has 1 heterocycles. The second kappa shape index (κ2) is 3.27. The first-order chi connectivity index (χ1) is 5.16. The Morgan fingerprint density at radius 3 is 2.45 bits per heavy atom. The Kier molecular flexibility index (Phi) is 2.56. The average molecular weight is 207 g/mol. The lowest BCUT2D eigenvalue weighted by Crippen LogP contribution is -1.84. The fourth-order valence-corrected chi connectivity index (χ4v) is 1.04. The second-order valence-electron chi connectivity index (χ2n) is 1.69. The molecule has 0 atom stereocenters. The van der Waals surface area contributed by atoms with Crippen molar-refractivity contribution < 1.29 is 0 Å². The maximum atomic E-state index is 8.44. The molecule has 0 unspecified atom stereocenters. The molecule has 0 amide bonds. The predicted molar refractivity (Wildman–Crippen MR) is 44.0 cm³/mol. The molecule has 0 N–H and O–H groups in total. The number of nitriles is 1. The number of hydrogen-bond acceptors (Lipinski definition) is 2. The molecule has 56 valence electrons. The minimum absolute atomic E-state index is 0.0843. The molecular formula is C6HCl3N2. The first-order valence-electron chi connectivity index (χ1n) is 2.56. The van der Waals surface area contributed by atoms with Crippen LogP contribution in [0.5, 0.6) is 0 Å². The molecular weight excluding hydrogens is 206 g/mol. The molecule has 0 aliphatic carbocycles.